The molecular formula is C23H18ClN5O2S. The minimum atomic E-state index is -3.89. The molecule has 0 spiro atoms. The molecule has 3 aromatic carbocycles. The Balaban J connectivity index is 1.62. The van der Waals surface area contributed by atoms with Crippen LogP contribution in [0.1, 0.15) is 5.56 Å². The Morgan fingerprint density at radius 2 is 1.66 bits per heavy atom. The van der Waals surface area contributed by atoms with Crippen molar-refractivity contribution in [3.63, 3.8) is 0 Å². The summed E-state index contributed by atoms with van der Waals surface area (Å²) in [6.07, 6.45) is 0.780. The van der Waals surface area contributed by atoms with Gasteiger partial charge >= 0.3 is 0 Å². The molecule has 0 unspecified atom stereocenters. The maximum absolute atomic E-state index is 13.2. The zero-order valence-electron chi connectivity index (χ0n) is 16.8. The maximum atomic E-state index is 13.2. The minimum Gasteiger partial charge on any atom is -0.369 e. The second kappa shape index (κ2) is 8.22. The first-order valence-corrected chi connectivity index (χ1v) is 11.8. The number of sulfone groups is 1. The number of aromatic nitrogens is 4. The number of benzene rings is 3. The fourth-order valence-corrected chi connectivity index (χ4v) is 4.99. The van der Waals surface area contributed by atoms with Crippen LogP contribution in [-0.2, 0) is 16.3 Å². The average molecular weight is 464 g/mol. The van der Waals surface area contributed by atoms with Crippen LogP contribution in [0.3, 0.4) is 0 Å². The summed E-state index contributed by atoms with van der Waals surface area (Å²) in [5, 5.41) is 12.5. The average Bonchev–Trinajstić information content (AvgIpc) is 3.25. The van der Waals surface area contributed by atoms with E-state index in [-0.39, 0.29) is 15.6 Å². The van der Waals surface area contributed by atoms with Crippen LogP contribution in [0.5, 0.6) is 0 Å². The Morgan fingerprint density at radius 1 is 0.938 bits per heavy atom. The largest absolute Gasteiger partial charge is 0.369 e. The van der Waals surface area contributed by atoms with Crippen LogP contribution in [0.25, 0.3) is 16.6 Å². The molecule has 2 heterocycles. The van der Waals surface area contributed by atoms with E-state index < -0.39 is 9.84 Å². The summed E-state index contributed by atoms with van der Waals surface area (Å²) in [6, 6.07) is 23.5. The zero-order chi connectivity index (χ0) is 22.1. The van der Waals surface area contributed by atoms with E-state index >= 15 is 0 Å². The normalized spacial score (nSPS) is 11.8. The number of fused-ring (bicyclic) bond motifs is 3. The van der Waals surface area contributed by atoms with Gasteiger partial charge in [-0.2, -0.15) is 4.52 Å². The molecule has 0 bridgehead atoms. The molecule has 7 nitrogen and oxygen atoms in total. The third-order valence-electron chi connectivity index (χ3n) is 5.13. The van der Waals surface area contributed by atoms with Gasteiger partial charge in [-0.1, -0.05) is 65.3 Å². The Hall–Kier alpha value is -3.49. The summed E-state index contributed by atoms with van der Waals surface area (Å²) in [7, 11) is -3.89. The van der Waals surface area contributed by atoms with Gasteiger partial charge in [-0.3, -0.25) is 0 Å². The van der Waals surface area contributed by atoms with E-state index in [0.717, 1.165) is 11.8 Å². The Morgan fingerprint density at radius 3 is 2.41 bits per heavy atom. The topological polar surface area (TPSA) is 89.2 Å². The Bertz CT molecular complexity index is 1520. The minimum absolute atomic E-state index is 0.138. The van der Waals surface area contributed by atoms with Crippen LogP contribution in [0.4, 0.5) is 5.82 Å². The molecular weight excluding hydrogens is 446 g/mol. The van der Waals surface area contributed by atoms with E-state index in [1.54, 1.807) is 36.4 Å². The fourth-order valence-electron chi connectivity index (χ4n) is 3.56. The molecule has 32 heavy (non-hydrogen) atoms. The van der Waals surface area contributed by atoms with Crippen molar-refractivity contribution in [2.24, 2.45) is 0 Å². The number of nitrogens with zero attached hydrogens (tertiary/aromatic N) is 4. The van der Waals surface area contributed by atoms with Gasteiger partial charge in [0.2, 0.25) is 14.9 Å². The molecule has 1 N–H and O–H groups in total. The van der Waals surface area contributed by atoms with Crippen molar-refractivity contribution >= 4 is 43.8 Å². The quantitative estimate of drug-likeness (QED) is 0.401. The van der Waals surface area contributed by atoms with Gasteiger partial charge < -0.3 is 5.32 Å². The predicted octanol–water partition coefficient (Wildman–Crippen LogP) is 4.42. The second-order valence-corrected chi connectivity index (χ2v) is 9.53. The van der Waals surface area contributed by atoms with Crippen molar-refractivity contribution in [2.75, 3.05) is 11.9 Å². The summed E-state index contributed by atoms with van der Waals surface area (Å²) < 4.78 is 27.9. The van der Waals surface area contributed by atoms with Crippen LogP contribution < -0.4 is 5.32 Å². The number of nitrogens with one attached hydrogen (secondary N) is 1. The molecule has 0 amide bonds. The lowest BCUT2D eigenvalue weighted by molar-refractivity contribution is 0.592. The molecule has 5 aromatic rings. The van der Waals surface area contributed by atoms with Gasteiger partial charge in [-0.05, 0) is 42.3 Å². The number of rotatable bonds is 6. The molecule has 0 atom stereocenters. The van der Waals surface area contributed by atoms with Gasteiger partial charge in [-0.15, -0.1) is 5.10 Å². The standard InChI is InChI=1S/C23H18ClN5O2S/c24-17-11-12-20-19(15-17)21(25-14-13-16-7-3-1-4-8-16)26-22-23(27-28-29(20)22)32(30,31)18-9-5-2-6-10-18/h1-12,15H,13-14H2,(H,25,26). The van der Waals surface area contributed by atoms with Crippen molar-refractivity contribution in [3.05, 3.63) is 89.4 Å². The van der Waals surface area contributed by atoms with Crippen molar-refractivity contribution in [2.45, 2.75) is 16.3 Å². The highest BCUT2D eigenvalue weighted by molar-refractivity contribution is 7.91. The molecule has 0 aliphatic heterocycles. The summed E-state index contributed by atoms with van der Waals surface area (Å²) >= 11 is 6.23. The lowest BCUT2D eigenvalue weighted by Gasteiger charge is -2.11. The molecule has 0 fully saturated rings. The summed E-state index contributed by atoms with van der Waals surface area (Å²) in [4.78, 5) is 4.75. The van der Waals surface area contributed by atoms with E-state index in [1.807, 2.05) is 18.2 Å². The van der Waals surface area contributed by atoms with Crippen molar-refractivity contribution in [1.29, 1.82) is 0 Å². The lowest BCUT2D eigenvalue weighted by atomic mass is 10.1. The molecule has 0 saturated carbocycles. The van der Waals surface area contributed by atoms with Crippen LogP contribution >= 0.6 is 11.6 Å². The Kier molecular flexibility index (Phi) is 5.24. The van der Waals surface area contributed by atoms with E-state index in [1.165, 1.54) is 22.2 Å². The van der Waals surface area contributed by atoms with Gasteiger partial charge in [0.1, 0.15) is 5.82 Å². The van der Waals surface area contributed by atoms with Gasteiger partial charge in [0.05, 0.1) is 10.4 Å². The van der Waals surface area contributed by atoms with E-state index in [9.17, 15) is 8.42 Å². The van der Waals surface area contributed by atoms with Crippen molar-refractivity contribution in [1.82, 2.24) is 19.8 Å². The highest BCUT2D eigenvalue weighted by Crippen LogP contribution is 2.29. The van der Waals surface area contributed by atoms with E-state index in [2.05, 4.69) is 32.7 Å². The smallest absolute Gasteiger partial charge is 0.229 e. The highest BCUT2D eigenvalue weighted by Gasteiger charge is 2.27. The zero-order valence-corrected chi connectivity index (χ0v) is 18.4. The third kappa shape index (κ3) is 3.68. The SMILES string of the molecule is O=S(=O)(c1ccccc1)c1nnn2c1nc(NCCc1ccccc1)c1cc(Cl)ccc12. The summed E-state index contributed by atoms with van der Waals surface area (Å²) in [6.45, 7) is 0.608. The van der Waals surface area contributed by atoms with Crippen molar-refractivity contribution in [3.8, 4) is 0 Å². The number of hydrogen-bond donors (Lipinski definition) is 1. The molecule has 160 valence electrons. The predicted molar refractivity (Wildman–Crippen MR) is 124 cm³/mol. The first-order valence-electron chi connectivity index (χ1n) is 9.97. The maximum Gasteiger partial charge on any atom is 0.229 e. The number of anilines is 1. The molecule has 5 rings (SSSR count). The lowest BCUT2D eigenvalue weighted by Crippen LogP contribution is -2.09. The van der Waals surface area contributed by atoms with Crippen LogP contribution in [-0.4, -0.2) is 34.8 Å². The Labute approximate surface area is 189 Å². The summed E-state index contributed by atoms with van der Waals surface area (Å²) in [5.74, 6) is 0.526. The van der Waals surface area contributed by atoms with Gasteiger partial charge in [0, 0.05) is 17.0 Å². The van der Waals surface area contributed by atoms with E-state index in [4.69, 9.17) is 11.6 Å². The fraction of sp³-hybridized carbons (Fsp3) is 0.0870. The third-order valence-corrected chi connectivity index (χ3v) is 7.03. The van der Waals surface area contributed by atoms with Crippen molar-refractivity contribution < 1.29 is 8.42 Å². The van der Waals surface area contributed by atoms with Crippen LogP contribution in [0.2, 0.25) is 5.02 Å². The molecule has 2 aromatic heterocycles. The van der Waals surface area contributed by atoms with Gasteiger partial charge in [-0.25, -0.2) is 13.4 Å². The van der Waals surface area contributed by atoms with Gasteiger partial charge in [0.15, 0.2) is 5.65 Å². The summed E-state index contributed by atoms with van der Waals surface area (Å²) in [5.41, 5.74) is 2.00. The number of halogens is 1. The molecule has 0 aliphatic rings. The first kappa shape index (κ1) is 20.4. The number of hydrogen-bond acceptors (Lipinski definition) is 6. The first-order chi connectivity index (χ1) is 15.5. The molecule has 0 radical (unpaired) electrons. The van der Waals surface area contributed by atoms with Crippen LogP contribution in [0, 0.1) is 0 Å². The molecule has 9 heteroatoms. The van der Waals surface area contributed by atoms with E-state index in [0.29, 0.717) is 22.9 Å². The van der Waals surface area contributed by atoms with Crippen LogP contribution in [0.15, 0.2) is 88.8 Å². The highest BCUT2D eigenvalue weighted by atomic mass is 35.5. The van der Waals surface area contributed by atoms with Gasteiger partial charge in [0.25, 0.3) is 0 Å². The molecule has 0 aliphatic carbocycles. The second-order valence-electron chi connectivity index (χ2n) is 7.23. The monoisotopic (exact) mass is 463 g/mol. The molecule has 0 saturated heterocycles.